The van der Waals surface area contributed by atoms with Crippen LogP contribution in [0.25, 0.3) is 11.8 Å². The van der Waals surface area contributed by atoms with E-state index in [0.717, 1.165) is 16.9 Å². The Morgan fingerprint density at radius 2 is 2.02 bits per heavy atom. The second-order valence-electron chi connectivity index (χ2n) is 10.6. The number of nitrogens with zero attached hydrogens (tertiary/aromatic N) is 7. The van der Waals surface area contributed by atoms with Gasteiger partial charge in [-0.25, -0.2) is 4.39 Å². The Morgan fingerprint density at radius 3 is 2.79 bits per heavy atom. The number of hydrogen-bond acceptors (Lipinski definition) is 7. The number of nitrogens with one attached hydrogen (secondary N) is 2. The lowest BCUT2D eigenvalue weighted by molar-refractivity contribution is -0.135. The van der Waals surface area contributed by atoms with E-state index >= 15 is 4.39 Å². The van der Waals surface area contributed by atoms with Crippen molar-refractivity contribution in [1.29, 1.82) is 0 Å². The summed E-state index contributed by atoms with van der Waals surface area (Å²) in [5.41, 5.74) is 5.43. The van der Waals surface area contributed by atoms with Crippen LogP contribution in [0.4, 0.5) is 15.8 Å². The van der Waals surface area contributed by atoms with Gasteiger partial charge in [0.25, 0.3) is 5.91 Å². The van der Waals surface area contributed by atoms with Gasteiger partial charge >= 0.3 is 0 Å². The van der Waals surface area contributed by atoms with Crippen LogP contribution in [0.2, 0.25) is 0 Å². The zero-order valence-corrected chi connectivity index (χ0v) is 24.0. The van der Waals surface area contributed by atoms with Crippen LogP contribution in [-0.2, 0) is 40.7 Å². The summed E-state index contributed by atoms with van der Waals surface area (Å²) < 4.78 is 18.6. The van der Waals surface area contributed by atoms with Crippen molar-refractivity contribution in [2.75, 3.05) is 17.2 Å². The summed E-state index contributed by atoms with van der Waals surface area (Å²) in [6.07, 6.45) is 5.95. The van der Waals surface area contributed by atoms with Crippen LogP contribution >= 0.6 is 0 Å². The van der Waals surface area contributed by atoms with Crippen molar-refractivity contribution in [2.45, 2.75) is 45.6 Å². The molecule has 2 aromatic carbocycles. The fourth-order valence-corrected chi connectivity index (χ4v) is 5.85. The molecule has 4 aromatic rings. The molecule has 13 heteroatoms. The van der Waals surface area contributed by atoms with E-state index in [9.17, 15) is 14.4 Å². The molecule has 2 aliphatic heterocycles. The zero-order chi connectivity index (χ0) is 30.2. The number of amides is 3. The van der Waals surface area contributed by atoms with Gasteiger partial charge in [-0.15, -0.1) is 5.10 Å². The van der Waals surface area contributed by atoms with Crippen molar-refractivity contribution in [1.82, 2.24) is 34.9 Å². The molecule has 2 aromatic heterocycles. The number of halogens is 1. The third-order valence-corrected chi connectivity index (χ3v) is 7.97. The first kappa shape index (κ1) is 27.9. The number of benzene rings is 2. The highest BCUT2D eigenvalue weighted by Crippen LogP contribution is 2.34. The molecule has 43 heavy (non-hydrogen) atoms. The summed E-state index contributed by atoms with van der Waals surface area (Å²) in [7, 11) is 1.82. The Kier molecular flexibility index (Phi) is 7.30. The Bertz CT molecular complexity index is 1780. The van der Waals surface area contributed by atoms with Crippen LogP contribution in [0.5, 0.6) is 0 Å². The maximum atomic E-state index is 15.5. The smallest absolute Gasteiger partial charge is 0.251 e. The van der Waals surface area contributed by atoms with Crippen molar-refractivity contribution in [2.24, 2.45) is 7.05 Å². The van der Waals surface area contributed by atoms with Crippen molar-refractivity contribution in [3.05, 3.63) is 82.2 Å². The second-order valence-corrected chi connectivity index (χ2v) is 10.6. The van der Waals surface area contributed by atoms with Gasteiger partial charge in [-0.1, -0.05) is 13.0 Å². The first-order valence-corrected chi connectivity index (χ1v) is 14.0. The molecule has 0 bridgehead atoms. The number of hydrogen-bond donors (Lipinski definition) is 2. The van der Waals surface area contributed by atoms with E-state index in [-0.39, 0.29) is 18.0 Å². The first-order chi connectivity index (χ1) is 20.7. The minimum absolute atomic E-state index is 0.0420. The van der Waals surface area contributed by atoms with Gasteiger partial charge in [0.05, 0.1) is 11.4 Å². The van der Waals surface area contributed by atoms with Gasteiger partial charge in [0.1, 0.15) is 18.2 Å². The van der Waals surface area contributed by atoms with Crippen LogP contribution in [0.3, 0.4) is 0 Å². The molecule has 4 heterocycles. The van der Waals surface area contributed by atoms with Crippen LogP contribution in [0.15, 0.2) is 42.7 Å². The molecule has 0 saturated carbocycles. The van der Waals surface area contributed by atoms with E-state index in [4.69, 9.17) is 0 Å². The minimum atomic E-state index is -0.962. The predicted octanol–water partition coefficient (Wildman–Crippen LogP) is 3.07. The molecule has 1 atom stereocenters. The standard InChI is InChI=1S/C30H30FN9O3/c1-4-18-5-10-23(40-16-32-36-37-40)21(28(18)31)8-12-26(42)39-14-13-24-27(17(2)35-38(24)3)29(39)30(43)33-20-7-9-22-19(15-20)6-11-25(41)34-22/h5,7-10,12,15-16,29H,4,6,11,13-14H2,1-3H3,(H,33,43)(H,34,41)/b12-8+. The predicted molar refractivity (Wildman–Crippen MR) is 156 cm³/mol. The van der Waals surface area contributed by atoms with Gasteiger partial charge in [-0.3, -0.25) is 19.1 Å². The molecule has 220 valence electrons. The van der Waals surface area contributed by atoms with Crippen LogP contribution < -0.4 is 10.6 Å². The lowest BCUT2D eigenvalue weighted by atomic mass is 9.95. The molecular formula is C30H30FN9O3. The first-order valence-electron chi connectivity index (χ1n) is 14.0. The molecule has 6 rings (SSSR count). The van der Waals surface area contributed by atoms with E-state index in [0.29, 0.717) is 53.9 Å². The summed E-state index contributed by atoms with van der Waals surface area (Å²) in [6.45, 7) is 3.92. The maximum absolute atomic E-state index is 15.5. The summed E-state index contributed by atoms with van der Waals surface area (Å²) in [5, 5.41) is 21.5. The fraction of sp³-hybridized carbons (Fsp3) is 0.300. The lowest BCUT2D eigenvalue weighted by Crippen LogP contribution is -2.45. The normalized spacial score (nSPS) is 16.1. The van der Waals surface area contributed by atoms with E-state index in [1.165, 1.54) is 28.1 Å². The Labute approximate surface area is 246 Å². The van der Waals surface area contributed by atoms with Crippen molar-refractivity contribution in [3.63, 3.8) is 0 Å². The lowest BCUT2D eigenvalue weighted by Gasteiger charge is -2.34. The molecule has 0 radical (unpaired) electrons. The van der Waals surface area contributed by atoms with Gasteiger partial charge < -0.3 is 15.5 Å². The maximum Gasteiger partial charge on any atom is 0.251 e. The molecule has 1 unspecified atom stereocenters. The third-order valence-electron chi connectivity index (χ3n) is 7.97. The van der Waals surface area contributed by atoms with Crippen molar-refractivity contribution in [3.8, 4) is 5.69 Å². The summed E-state index contributed by atoms with van der Waals surface area (Å²) in [5.74, 6) is -1.36. The average molecular weight is 584 g/mol. The molecular weight excluding hydrogens is 553 g/mol. The number of fused-ring (bicyclic) bond motifs is 2. The van der Waals surface area contributed by atoms with Crippen LogP contribution in [0, 0.1) is 12.7 Å². The average Bonchev–Trinajstić information content (AvgIpc) is 3.63. The van der Waals surface area contributed by atoms with Gasteiger partial charge in [0.15, 0.2) is 0 Å². The number of carbonyl (C=O) groups excluding carboxylic acids is 3. The third kappa shape index (κ3) is 5.17. The van der Waals surface area contributed by atoms with Gasteiger partial charge in [-0.2, -0.15) is 9.78 Å². The highest BCUT2D eigenvalue weighted by Gasteiger charge is 2.39. The topological polar surface area (TPSA) is 140 Å². The molecule has 0 fully saturated rings. The molecule has 3 amide bonds. The molecule has 2 aliphatic rings. The van der Waals surface area contributed by atoms with E-state index < -0.39 is 23.7 Å². The van der Waals surface area contributed by atoms with Gasteiger partial charge in [0.2, 0.25) is 11.8 Å². The number of anilines is 2. The summed E-state index contributed by atoms with van der Waals surface area (Å²) in [4.78, 5) is 40.9. The number of carbonyl (C=O) groups is 3. The van der Waals surface area contributed by atoms with E-state index in [2.05, 4.69) is 31.3 Å². The molecule has 0 aliphatic carbocycles. The molecule has 0 saturated heterocycles. The summed E-state index contributed by atoms with van der Waals surface area (Å²) in [6, 6.07) is 7.72. The van der Waals surface area contributed by atoms with E-state index in [1.807, 2.05) is 27.0 Å². The quantitative estimate of drug-likeness (QED) is 0.333. The highest BCUT2D eigenvalue weighted by molar-refractivity contribution is 6.02. The summed E-state index contributed by atoms with van der Waals surface area (Å²) >= 11 is 0. The second kappa shape index (κ2) is 11.2. The van der Waals surface area contributed by atoms with Crippen LogP contribution in [0.1, 0.15) is 53.0 Å². The number of aromatic nitrogens is 6. The Balaban J connectivity index is 1.33. The zero-order valence-electron chi connectivity index (χ0n) is 24.0. The largest absolute Gasteiger partial charge is 0.326 e. The molecule has 0 spiro atoms. The Hall–Kier alpha value is -5.20. The highest BCUT2D eigenvalue weighted by atomic mass is 19.1. The fourth-order valence-electron chi connectivity index (χ4n) is 5.85. The molecule has 2 N–H and O–H groups in total. The van der Waals surface area contributed by atoms with Crippen molar-refractivity contribution >= 4 is 35.2 Å². The van der Waals surface area contributed by atoms with E-state index in [1.54, 1.807) is 28.9 Å². The van der Waals surface area contributed by atoms with Crippen molar-refractivity contribution < 1.29 is 18.8 Å². The number of aryl methyl sites for hydroxylation is 4. The van der Waals surface area contributed by atoms with Gasteiger partial charge in [-0.05, 0) is 71.7 Å². The minimum Gasteiger partial charge on any atom is -0.326 e. The monoisotopic (exact) mass is 583 g/mol. The van der Waals surface area contributed by atoms with Gasteiger partial charge in [0, 0.05) is 60.7 Å². The number of rotatable bonds is 6. The molecule has 12 nitrogen and oxygen atoms in total. The van der Waals surface area contributed by atoms with Crippen LogP contribution in [-0.4, -0.2) is 59.2 Å². The Morgan fingerprint density at radius 1 is 1.19 bits per heavy atom. The SMILES string of the molecule is CCc1ccc(-n2cnnn2)c(/C=C/C(=O)N2CCc3c(c(C)nn3C)C2C(=O)Nc2ccc3c(c2)CCC(=O)N3)c1F. The number of tetrazole rings is 1.